The highest BCUT2D eigenvalue weighted by Crippen LogP contribution is 2.33. The normalized spacial score (nSPS) is 22.4. The molecule has 14 heteroatoms. The summed E-state index contributed by atoms with van der Waals surface area (Å²) in [5.74, 6) is 0.250. The van der Waals surface area contributed by atoms with Gasteiger partial charge in [-0.1, -0.05) is 76.3 Å². The molecule has 2 aliphatic heterocycles. The summed E-state index contributed by atoms with van der Waals surface area (Å²) in [5.41, 5.74) is 1.60. The molecule has 270 valence electrons. The number of nitrogens with one attached hydrogen (secondary N) is 3. The molecule has 5 rings (SSSR count). The van der Waals surface area contributed by atoms with Gasteiger partial charge in [-0.05, 0) is 48.6 Å². The number of thiazole rings is 1. The number of sulfonamides is 1. The Morgan fingerprint density at radius 2 is 1.88 bits per heavy atom. The van der Waals surface area contributed by atoms with Crippen LogP contribution in [0.15, 0.2) is 53.4 Å². The van der Waals surface area contributed by atoms with Gasteiger partial charge in [0.05, 0.1) is 46.4 Å². The lowest BCUT2D eigenvalue weighted by atomic mass is 9.91. The number of alkyl carbamates (subject to hydrolysis) is 1. The number of anilines is 1. The number of carbonyl (C=O) groups is 1. The maximum atomic E-state index is 14.2. The van der Waals surface area contributed by atoms with Gasteiger partial charge >= 0.3 is 6.09 Å². The van der Waals surface area contributed by atoms with Crippen LogP contribution in [-0.4, -0.2) is 98.9 Å². The number of rotatable bonds is 16. The molecule has 49 heavy (non-hydrogen) atoms. The Hall–Kier alpha value is -2.85. The van der Waals surface area contributed by atoms with Gasteiger partial charge in [0.15, 0.2) is 11.4 Å². The van der Waals surface area contributed by atoms with Gasteiger partial charge < -0.3 is 35.3 Å². The molecule has 2 aliphatic rings. The third-order valence-electron chi connectivity index (χ3n) is 8.74. The zero-order valence-corrected chi connectivity index (χ0v) is 30.6. The second-order valence-corrected chi connectivity index (χ2v) is 16.7. The predicted molar refractivity (Wildman–Crippen MR) is 191 cm³/mol. The van der Waals surface area contributed by atoms with Crippen molar-refractivity contribution in [1.82, 2.24) is 19.9 Å². The Kier molecular flexibility index (Phi) is 12.9. The van der Waals surface area contributed by atoms with Crippen molar-refractivity contribution in [3.8, 4) is 0 Å². The Morgan fingerprint density at radius 3 is 2.59 bits per heavy atom. The molecule has 0 spiro atoms. The number of aliphatic hydroxyl groups is 1. The van der Waals surface area contributed by atoms with Gasteiger partial charge in [0, 0.05) is 32.1 Å². The first-order valence-electron chi connectivity index (χ1n) is 17.2. The quantitative estimate of drug-likeness (QED) is 0.167. The summed E-state index contributed by atoms with van der Waals surface area (Å²) in [6.45, 7) is 12.4. The average Bonchev–Trinajstić information content (AvgIpc) is 3.67. The Labute approximate surface area is 294 Å². The van der Waals surface area contributed by atoms with Crippen LogP contribution < -0.4 is 16.0 Å². The number of ether oxygens (including phenoxy) is 3. The highest BCUT2D eigenvalue weighted by atomic mass is 32.2. The monoisotopic (exact) mass is 717 g/mol. The lowest BCUT2D eigenvalue weighted by molar-refractivity contribution is -0.180. The number of carbonyl (C=O) groups excluding carboxylic acids is 1. The van der Waals surface area contributed by atoms with E-state index in [-0.39, 0.29) is 42.3 Å². The van der Waals surface area contributed by atoms with E-state index in [0.29, 0.717) is 31.1 Å². The first-order valence-corrected chi connectivity index (χ1v) is 19.5. The second kappa shape index (κ2) is 16.9. The molecule has 4 N–H and O–H groups in total. The van der Waals surface area contributed by atoms with Gasteiger partial charge in [0.25, 0.3) is 0 Å². The second-order valence-electron chi connectivity index (χ2n) is 13.7. The number of benzene rings is 2. The third-order valence-corrected chi connectivity index (χ3v) is 11.5. The number of fused-ring (bicyclic) bond motifs is 2. The van der Waals surface area contributed by atoms with Crippen LogP contribution in [0.25, 0.3) is 10.2 Å². The number of nitrogens with zero attached hydrogens (tertiary/aromatic N) is 2. The number of aliphatic hydroxyl groups excluding tert-OH is 1. The van der Waals surface area contributed by atoms with Gasteiger partial charge in [0.2, 0.25) is 10.0 Å². The van der Waals surface area contributed by atoms with Crippen molar-refractivity contribution < 1.29 is 32.5 Å². The summed E-state index contributed by atoms with van der Waals surface area (Å²) in [5, 5.41) is 22.1. The summed E-state index contributed by atoms with van der Waals surface area (Å²) in [4.78, 5) is 18.2. The van der Waals surface area contributed by atoms with E-state index < -0.39 is 40.7 Å². The molecule has 1 amide bonds. The third kappa shape index (κ3) is 9.69. The molecular formula is C35H51N5O7S2. The van der Waals surface area contributed by atoms with Crippen molar-refractivity contribution in [2.75, 3.05) is 44.7 Å². The zero-order chi connectivity index (χ0) is 35.1. The molecule has 3 aromatic rings. The van der Waals surface area contributed by atoms with Crippen molar-refractivity contribution in [2.45, 2.75) is 82.9 Å². The minimum atomic E-state index is -4.03. The van der Waals surface area contributed by atoms with E-state index in [9.17, 15) is 18.3 Å². The summed E-state index contributed by atoms with van der Waals surface area (Å²) >= 11 is 1.41. The molecule has 2 saturated heterocycles. The van der Waals surface area contributed by atoms with Crippen LogP contribution in [-0.2, 0) is 30.7 Å². The summed E-state index contributed by atoms with van der Waals surface area (Å²) < 4.78 is 48.0. The number of hydrogen-bond acceptors (Lipinski definition) is 11. The number of aromatic nitrogens is 1. The van der Waals surface area contributed by atoms with E-state index in [4.69, 9.17) is 14.2 Å². The molecule has 6 atom stereocenters. The SMILES string of the molecule is CCN[C@H]1CO[C@@H]2OCC[C@H](OC(=O)N[C@@H](Cc3ccccc3)[C@H](O)CN(CC(C)C)S(=O)(=O)c3ccc4nc(NCC(C)C)sc4c3)[C@@H]21. The van der Waals surface area contributed by atoms with Gasteiger partial charge in [-0.2, -0.15) is 4.31 Å². The van der Waals surface area contributed by atoms with Crippen molar-refractivity contribution in [2.24, 2.45) is 17.8 Å². The maximum absolute atomic E-state index is 14.2. The number of hydrogen-bond donors (Lipinski definition) is 4. The van der Waals surface area contributed by atoms with Crippen LogP contribution >= 0.6 is 11.3 Å². The van der Waals surface area contributed by atoms with Gasteiger partial charge in [-0.3, -0.25) is 0 Å². The van der Waals surface area contributed by atoms with Crippen LogP contribution in [0.5, 0.6) is 0 Å². The maximum Gasteiger partial charge on any atom is 0.407 e. The molecule has 0 radical (unpaired) electrons. The van der Waals surface area contributed by atoms with Crippen molar-refractivity contribution in [1.29, 1.82) is 0 Å². The highest BCUT2D eigenvalue weighted by Gasteiger charge is 2.47. The van der Waals surface area contributed by atoms with Crippen LogP contribution in [0.1, 0.15) is 46.6 Å². The largest absolute Gasteiger partial charge is 0.446 e. The standard InChI is InChI=1S/C35H51N5O7S2/c1-6-36-28-21-46-33-32(28)30(14-15-45-33)47-35(42)39-27(16-24-10-8-7-9-11-24)29(41)20-40(19-23(4)5)49(43,44)25-12-13-26-31(17-25)48-34(38-26)37-18-22(2)3/h7-13,17,22-23,27-30,32-33,36,41H,6,14-16,18-21H2,1-5H3,(H,37,38)(H,39,42)/t27-,28-,29+,30-,32-,33-/m0/s1. The van der Waals surface area contributed by atoms with E-state index in [2.05, 4.69) is 34.8 Å². The molecule has 0 saturated carbocycles. The van der Waals surface area contributed by atoms with Crippen LogP contribution in [0, 0.1) is 17.8 Å². The van der Waals surface area contributed by atoms with Crippen molar-refractivity contribution in [3.05, 3.63) is 54.1 Å². The first kappa shape index (κ1) is 37.4. The topological polar surface area (TPSA) is 151 Å². The molecule has 2 aromatic carbocycles. The minimum absolute atomic E-state index is 0.0133. The highest BCUT2D eigenvalue weighted by molar-refractivity contribution is 7.89. The smallest absolute Gasteiger partial charge is 0.407 e. The van der Waals surface area contributed by atoms with Crippen LogP contribution in [0.2, 0.25) is 0 Å². The molecule has 12 nitrogen and oxygen atoms in total. The van der Waals surface area contributed by atoms with E-state index in [0.717, 1.165) is 28.5 Å². The summed E-state index contributed by atoms with van der Waals surface area (Å²) in [6.07, 6.45) is -2.03. The van der Waals surface area contributed by atoms with E-state index in [1.54, 1.807) is 18.2 Å². The van der Waals surface area contributed by atoms with Gasteiger partial charge in [-0.25, -0.2) is 18.2 Å². The van der Waals surface area contributed by atoms with E-state index in [1.807, 2.05) is 51.1 Å². The van der Waals surface area contributed by atoms with Crippen LogP contribution in [0.4, 0.5) is 9.93 Å². The van der Waals surface area contributed by atoms with Gasteiger partial charge in [-0.15, -0.1) is 0 Å². The fraction of sp³-hybridized carbons (Fsp3) is 0.600. The molecule has 1 aromatic heterocycles. The number of likely N-dealkylation sites (N-methyl/N-ethyl adjacent to an activating group) is 1. The fourth-order valence-electron chi connectivity index (χ4n) is 6.36. The van der Waals surface area contributed by atoms with E-state index >= 15 is 0 Å². The molecule has 2 fully saturated rings. The Morgan fingerprint density at radius 1 is 1.10 bits per heavy atom. The average molecular weight is 718 g/mol. The Bertz CT molecular complexity index is 1620. The van der Waals surface area contributed by atoms with Crippen molar-refractivity contribution in [3.63, 3.8) is 0 Å². The lowest BCUT2D eigenvalue weighted by Gasteiger charge is -2.35. The zero-order valence-electron chi connectivity index (χ0n) is 29.0. The summed E-state index contributed by atoms with van der Waals surface area (Å²) in [6, 6.07) is 13.6. The van der Waals surface area contributed by atoms with Gasteiger partial charge in [0.1, 0.15) is 6.10 Å². The lowest BCUT2D eigenvalue weighted by Crippen LogP contribution is -2.53. The molecular weight excluding hydrogens is 667 g/mol. The minimum Gasteiger partial charge on any atom is -0.446 e. The predicted octanol–water partition coefficient (Wildman–Crippen LogP) is 4.45. The molecule has 3 heterocycles. The fourth-order valence-corrected chi connectivity index (χ4v) is 9.00. The van der Waals surface area contributed by atoms with E-state index in [1.165, 1.54) is 15.6 Å². The Balaban J connectivity index is 1.34. The summed E-state index contributed by atoms with van der Waals surface area (Å²) in [7, 11) is -4.03. The van der Waals surface area contributed by atoms with Crippen LogP contribution in [0.3, 0.4) is 0 Å². The number of amides is 1. The van der Waals surface area contributed by atoms with Crippen molar-refractivity contribution >= 4 is 42.8 Å². The molecule has 0 aliphatic carbocycles. The molecule has 0 unspecified atom stereocenters. The first-order chi connectivity index (χ1) is 23.4. The molecule has 0 bridgehead atoms.